The molecule has 0 aliphatic heterocycles. The molecule has 19 heavy (non-hydrogen) atoms. The van der Waals surface area contributed by atoms with E-state index in [1.165, 1.54) is 10.4 Å². The van der Waals surface area contributed by atoms with Crippen LogP contribution in [-0.4, -0.2) is 4.98 Å². The molecule has 1 N–H and O–H groups in total. The van der Waals surface area contributed by atoms with E-state index in [4.69, 9.17) is 5.26 Å². The number of nitrogens with one attached hydrogen (secondary N) is 1. The molecule has 1 heterocycles. The van der Waals surface area contributed by atoms with Gasteiger partial charge in [-0.15, -0.1) is 11.3 Å². The third-order valence-electron chi connectivity index (χ3n) is 2.99. The Labute approximate surface area is 117 Å². The maximum atomic E-state index is 8.75. The van der Waals surface area contributed by atoms with Crippen molar-refractivity contribution in [3.05, 3.63) is 51.5 Å². The lowest BCUT2D eigenvalue weighted by Gasteiger charge is -2.11. The van der Waals surface area contributed by atoms with E-state index in [0.29, 0.717) is 5.56 Å². The minimum atomic E-state index is 0.251. The molecule has 0 aliphatic rings. The van der Waals surface area contributed by atoms with Crippen molar-refractivity contribution in [2.45, 2.75) is 32.9 Å². The topological polar surface area (TPSA) is 48.7 Å². The summed E-state index contributed by atoms with van der Waals surface area (Å²) in [4.78, 5) is 5.76. The number of aryl methyl sites for hydroxylation is 1. The number of benzene rings is 1. The van der Waals surface area contributed by atoms with Crippen LogP contribution in [0.4, 0.5) is 0 Å². The Morgan fingerprint density at radius 2 is 2.11 bits per heavy atom. The van der Waals surface area contributed by atoms with Crippen molar-refractivity contribution < 1.29 is 0 Å². The Morgan fingerprint density at radius 1 is 1.37 bits per heavy atom. The summed E-state index contributed by atoms with van der Waals surface area (Å²) in [7, 11) is 0. The molecular formula is C15H17N3S. The van der Waals surface area contributed by atoms with Gasteiger partial charge in [0.1, 0.15) is 5.01 Å². The van der Waals surface area contributed by atoms with Crippen molar-refractivity contribution in [3.63, 3.8) is 0 Å². The minimum Gasteiger partial charge on any atom is -0.304 e. The Bertz CT molecular complexity index is 566. The van der Waals surface area contributed by atoms with Gasteiger partial charge in [-0.05, 0) is 31.0 Å². The summed E-state index contributed by atoms with van der Waals surface area (Å²) in [5, 5.41) is 13.3. The number of hydrogen-bond acceptors (Lipinski definition) is 4. The highest BCUT2D eigenvalue weighted by molar-refractivity contribution is 7.11. The van der Waals surface area contributed by atoms with E-state index in [9.17, 15) is 0 Å². The second-order valence-electron chi connectivity index (χ2n) is 4.43. The molecule has 0 spiro atoms. The first-order valence-electron chi connectivity index (χ1n) is 6.40. The lowest BCUT2D eigenvalue weighted by molar-refractivity contribution is 0.572. The first-order chi connectivity index (χ1) is 9.22. The van der Waals surface area contributed by atoms with Crippen molar-refractivity contribution in [1.82, 2.24) is 10.3 Å². The summed E-state index contributed by atoms with van der Waals surface area (Å²) in [5.74, 6) is 0. The molecule has 2 rings (SSSR count). The van der Waals surface area contributed by atoms with Crippen LogP contribution in [-0.2, 0) is 13.0 Å². The number of thiazole rings is 1. The smallest absolute Gasteiger partial charge is 0.109 e. The lowest BCUT2D eigenvalue weighted by atomic mass is 10.1. The van der Waals surface area contributed by atoms with Crippen molar-refractivity contribution in [3.8, 4) is 6.07 Å². The van der Waals surface area contributed by atoms with Crippen molar-refractivity contribution in [2.24, 2.45) is 0 Å². The van der Waals surface area contributed by atoms with Gasteiger partial charge < -0.3 is 5.32 Å². The van der Waals surface area contributed by atoms with Gasteiger partial charge in [-0.25, -0.2) is 4.98 Å². The Hall–Kier alpha value is -1.70. The lowest BCUT2D eigenvalue weighted by Crippen LogP contribution is -2.17. The molecule has 2 aromatic rings. The van der Waals surface area contributed by atoms with Crippen LogP contribution in [0, 0.1) is 11.3 Å². The van der Waals surface area contributed by atoms with E-state index in [1.54, 1.807) is 11.3 Å². The zero-order valence-electron chi connectivity index (χ0n) is 11.2. The SMILES string of the molecule is CCc1cnc(C(C)NCc2ccc(C#N)cc2)s1. The Balaban J connectivity index is 1.92. The van der Waals surface area contributed by atoms with Gasteiger partial charge >= 0.3 is 0 Å². The van der Waals surface area contributed by atoms with Gasteiger partial charge in [0.05, 0.1) is 17.7 Å². The second kappa shape index (κ2) is 6.46. The van der Waals surface area contributed by atoms with E-state index in [0.717, 1.165) is 18.0 Å². The average molecular weight is 271 g/mol. The van der Waals surface area contributed by atoms with E-state index in [1.807, 2.05) is 30.5 Å². The number of nitrogens with zero attached hydrogens (tertiary/aromatic N) is 2. The normalized spacial score (nSPS) is 12.1. The van der Waals surface area contributed by atoms with Crippen LogP contribution < -0.4 is 5.32 Å². The molecule has 0 amide bonds. The first kappa shape index (κ1) is 13.7. The molecule has 0 fully saturated rings. The fourth-order valence-corrected chi connectivity index (χ4v) is 2.63. The quantitative estimate of drug-likeness (QED) is 0.906. The minimum absolute atomic E-state index is 0.251. The van der Waals surface area contributed by atoms with E-state index in [-0.39, 0.29) is 6.04 Å². The average Bonchev–Trinajstić information content (AvgIpc) is 2.94. The van der Waals surface area contributed by atoms with Gasteiger partial charge in [0.25, 0.3) is 0 Å². The molecule has 98 valence electrons. The van der Waals surface area contributed by atoms with Gasteiger partial charge in [-0.1, -0.05) is 19.1 Å². The number of nitriles is 1. The van der Waals surface area contributed by atoms with E-state index >= 15 is 0 Å². The maximum absolute atomic E-state index is 8.75. The van der Waals surface area contributed by atoms with E-state index < -0.39 is 0 Å². The first-order valence-corrected chi connectivity index (χ1v) is 7.21. The fraction of sp³-hybridized carbons (Fsp3) is 0.333. The summed E-state index contributed by atoms with van der Waals surface area (Å²) in [6, 6.07) is 10.0. The molecule has 0 saturated heterocycles. The molecule has 1 aromatic heterocycles. The highest BCUT2D eigenvalue weighted by Crippen LogP contribution is 2.20. The van der Waals surface area contributed by atoms with Crippen molar-refractivity contribution in [1.29, 1.82) is 5.26 Å². The van der Waals surface area contributed by atoms with Crippen LogP contribution >= 0.6 is 11.3 Å². The predicted molar refractivity (Wildman–Crippen MR) is 77.9 cm³/mol. The molecule has 1 atom stereocenters. The summed E-state index contributed by atoms with van der Waals surface area (Å²) in [6.07, 6.45) is 3.00. The Kier molecular flexibility index (Phi) is 4.67. The zero-order chi connectivity index (χ0) is 13.7. The number of aromatic nitrogens is 1. The van der Waals surface area contributed by atoms with Crippen LogP contribution in [0.5, 0.6) is 0 Å². The summed E-state index contributed by atoms with van der Waals surface area (Å²) < 4.78 is 0. The highest BCUT2D eigenvalue weighted by Gasteiger charge is 2.09. The largest absolute Gasteiger partial charge is 0.304 e. The molecule has 0 saturated carbocycles. The van der Waals surface area contributed by atoms with Gasteiger partial charge in [0.2, 0.25) is 0 Å². The second-order valence-corrected chi connectivity index (χ2v) is 5.58. The van der Waals surface area contributed by atoms with Crippen LogP contribution in [0.2, 0.25) is 0 Å². The van der Waals surface area contributed by atoms with Crippen molar-refractivity contribution >= 4 is 11.3 Å². The maximum Gasteiger partial charge on any atom is 0.109 e. The van der Waals surface area contributed by atoms with Crippen LogP contribution in [0.15, 0.2) is 30.5 Å². The predicted octanol–water partition coefficient (Wildman–Crippen LogP) is 3.43. The molecule has 0 radical (unpaired) electrons. The third kappa shape index (κ3) is 3.63. The number of rotatable bonds is 5. The highest BCUT2D eigenvalue weighted by atomic mass is 32.1. The van der Waals surface area contributed by atoms with Gasteiger partial charge in [0.15, 0.2) is 0 Å². The molecule has 1 unspecified atom stereocenters. The molecule has 3 nitrogen and oxygen atoms in total. The van der Waals surface area contributed by atoms with Crippen LogP contribution in [0.25, 0.3) is 0 Å². The third-order valence-corrected chi connectivity index (χ3v) is 4.31. The van der Waals surface area contributed by atoms with Crippen LogP contribution in [0.1, 0.15) is 40.9 Å². The molecule has 0 aliphatic carbocycles. The summed E-state index contributed by atoms with van der Waals surface area (Å²) >= 11 is 1.77. The zero-order valence-corrected chi connectivity index (χ0v) is 12.0. The van der Waals surface area contributed by atoms with Crippen molar-refractivity contribution in [2.75, 3.05) is 0 Å². The fourth-order valence-electron chi connectivity index (χ4n) is 1.74. The monoisotopic (exact) mass is 271 g/mol. The Morgan fingerprint density at radius 3 is 2.68 bits per heavy atom. The molecule has 1 aromatic carbocycles. The van der Waals surface area contributed by atoms with Gasteiger partial charge in [-0.3, -0.25) is 0 Å². The summed E-state index contributed by atoms with van der Waals surface area (Å²) in [5.41, 5.74) is 1.88. The van der Waals surface area contributed by atoms with Crippen LogP contribution in [0.3, 0.4) is 0 Å². The summed E-state index contributed by atoms with van der Waals surface area (Å²) in [6.45, 7) is 5.06. The number of hydrogen-bond donors (Lipinski definition) is 1. The van der Waals surface area contributed by atoms with E-state index in [2.05, 4.69) is 30.2 Å². The molecule has 4 heteroatoms. The van der Waals surface area contributed by atoms with Gasteiger partial charge in [-0.2, -0.15) is 5.26 Å². The molecular weight excluding hydrogens is 254 g/mol. The molecule has 0 bridgehead atoms. The standard InChI is InChI=1S/C15H17N3S/c1-3-14-10-18-15(19-14)11(2)17-9-13-6-4-12(8-16)5-7-13/h4-7,10-11,17H,3,9H2,1-2H3. The van der Waals surface area contributed by atoms with Gasteiger partial charge in [0, 0.05) is 17.6 Å².